The lowest BCUT2D eigenvalue weighted by Gasteiger charge is -2.29. The molecule has 2 aliphatic heterocycles. The summed E-state index contributed by atoms with van der Waals surface area (Å²) in [5.74, 6) is -0.771. The maximum atomic E-state index is 13.2. The number of fused-ring (bicyclic) bond motifs is 2. The molecule has 0 saturated carbocycles. The van der Waals surface area contributed by atoms with Crippen LogP contribution in [0.4, 0.5) is 17.3 Å². The zero-order chi connectivity index (χ0) is 18.4. The van der Waals surface area contributed by atoms with Crippen LogP contribution in [0.2, 0.25) is 0 Å². The van der Waals surface area contributed by atoms with Crippen LogP contribution in [-0.2, 0) is 9.53 Å². The number of amides is 1. The summed E-state index contributed by atoms with van der Waals surface area (Å²) in [6.07, 6.45) is -1.81. The summed E-state index contributed by atoms with van der Waals surface area (Å²) >= 11 is 0. The number of carbonyl (C=O) groups excluding carboxylic acids is 1. The Kier molecular flexibility index (Phi) is 3.98. The summed E-state index contributed by atoms with van der Waals surface area (Å²) in [5.41, 5.74) is 0.302. The number of nitro groups is 1. The molecule has 0 aliphatic carbocycles. The van der Waals surface area contributed by atoms with Crippen molar-refractivity contribution in [1.29, 1.82) is 0 Å². The number of hydrogen-bond donors (Lipinski definition) is 2. The number of nitrogens with zero attached hydrogens (tertiary/aromatic N) is 2. The molecule has 9 heteroatoms. The van der Waals surface area contributed by atoms with Crippen molar-refractivity contribution in [3.8, 4) is 0 Å². The van der Waals surface area contributed by atoms with Crippen molar-refractivity contribution >= 4 is 23.2 Å². The van der Waals surface area contributed by atoms with Gasteiger partial charge in [0.05, 0.1) is 35.0 Å². The number of hydrogen-bond acceptors (Lipinski definition) is 7. The lowest BCUT2D eigenvalue weighted by molar-refractivity contribution is -0.384. The highest BCUT2D eigenvalue weighted by Crippen LogP contribution is 2.42. The molecule has 9 nitrogen and oxygen atoms in total. The fraction of sp³-hybridized carbons (Fsp3) is 0.353. The van der Waals surface area contributed by atoms with Crippen molar-refractivity contribution in [2.75, 3.05) is 4.90 Å². The van der Waals surface area contributed by atoms with E-state index in [-0.39, 0.29) is 23.9 Å². The first-order valence-electron chi connectivity index (χ1n) is 8.11. The second-order valence-corrected chi connectivity index (χ2v) is 6.36. The van der Waals surface area contributed by atoms with Crippen LogP contribution in [0.5, 0.6) is 0 Å². The van der Waals surface area contributed by atoms with Gasteiger partial charge >= 0.3 is 0 Å². The lowest BCUT2D eigenvalue weighted by Crippen LogP contribution is -2.47. The van der Waals surface area contributed by atoms with E-state index in [9.17, 15) is 25.1 Å². The molecule has 5 atom stereocenters. The van der Waals surface area contributed by atoms with Crippen molar-refractivity contribution in [1.82, 2.24) is 0 Å². The van der Waals surface area contributed by atoms with Crippen molar-refractivity contribution in [3.05, 3.63) is 52.8 Å². The van der Waals surface area contributed by atoms with Gasteiger partial charge in [-0.05, 0) is 24.6 Å². The zero-order valence-corrected chi connectivity index (χ0v) is 13.5. The number of non-ortho nitro benzene ring substituents is 1. The van der Waals surface area contributed by atoms with Crippen molar-refractivity contribution in [2.24, 2.45) is 5.92 Å². The highest BCUT2D eigenvalue weighted by Gasteiger charge is 2.56. The number of rotatable bonds is 4. The molecule has 26 heavy (non-hydrogen) atoms. The number of aliphatic hydroxyl groups is 2. The molecule has 0 radical (unpaired) electrons. The fourth-order valence-electron chi connectivity index (χ4n) is 3.58. The number of benzene rings is 1. The minimum atomic E-state index is -1.13. The average Bonchev–Trinajstić information content (AvgIpc) is 3.35. The molecule has 2 fully saturated rings. The lowest BCUT2D eigenvalue weighted by atomic mass is 9.84. The molecule has 2 bridgehead atoms. The van der Waals surface area contributed by atoms with Gasteiger partial charge in [-0.25, -0.2) is 0 Å². The van der Waals surface area contributed by atoms with Crippen LogP contribution < -0.4 is 4.90 Å². The monoisotopic (exact) mass is 360 g/mol. The zero-order valence-electron chi connectivity index (χ0n) is 13.5. The molecular formula is C17H16N2O7. The number of aliphatic hydroxyl groups excluding tert-OH is 2. The summed E-state index contributed by atoms with van der Waals surface area (Å²) in [4.78, 5) is 24.8. The van der Waals surface area contributed by atoms with E-state index in [1.54, 1.807) is 12.1 Å². The van der Waals surface area contributed by atoms with Crippen molar-refractivity contribution in [2.45, 2.75) is 30.8 Å². The molecule has 136 valence electrons. The van der Waals surface area contributed by atoms with Crippen LogP contribution in [0.3, 0.4) is 0 Å². The smallest absolute Gasteiger partial charge is 0.269 e. The predicted octanol–water partition coefficient (Wildman–Crippen LogP) is 1.36. The van der Waals surface area contributed by atoms with Gasteiger partial charge in [0, 0.05) is 18.2 Å². The third-order valence-corrected chi connectivity index (χ3v) is 4.87. The molecule has 2 aliphatic rings. The first-order valence-corrected chi connectivity index (χ1v) is 8.11. The van der Waals surface area contributed by atoms with Gasteiger partial charge in [-0.1, -0.05) is 0 Å². The molecule has 1 aromatic carbocycles. The standard InChI is InChI=1S/C17H16N2O7/c20-14-12-8-11(16(26-12)15(14)21)17(22)18(13-2-1-7-25-13)9-3-5-10(6-4-9)19(23)24/h1-7,11-12,14-16,20-21H,8H2/t11-,12-,14-,15-,16+/m0/s1. The van der Waals surface area contributed by atoms with Gasteiger partial charge < -0.3 is 19.4 Å². The fourth-order valence-corrected chi connectivity index (χ4v) is 3.58. The molecule has 2 saturated heterocycles. The summed E-state index contributed by atoms with van der Waals surface area (Å²) in [5, 5.41) is 30.7. The Bertz CT molecular complexity index is 818. The summed E-state index contributed by atoms with van der Waals surface area (Å²) in [7, 11) is 0. The average molecular weight is 360 g/mol. The Labute approximate surface area is 147 Å². The second-order valence-electron chi connectivity index (χ2n) is 6.36. The summed E-state index contributed by atoms with van der Waals surface area (Å²) in [6, 6.07) is 8.73. The summed E-state index contributed by atoms with van der Waals surface area (Å²) in [6.45, 7) is 0. The largest absolute Gasteiger partial charge is 0.448 e. The Balaban J connectivity index is 1.66. The van der Waals surface area contributed by atoms with Crippen molar-refractivity contribution < 1.29 is 29.1 Å². The molecule has 2 N–H and O–H groups in total. The van der Waals surface area contributed by atoms with Crippen LogP contribution in [-0.4, -0.2) is 45.5 Å². The van der Waals surface area contributed by atoms with E-state index in [1.165, 1.54) is 35.4 Å². The van der Waals surface area contributed by atoms with E-state index in [2.05, 4.69) is 0 Å². The van der Waals surface area contributed by atoms with E-state index in [1.807, 2.05) is 0 Å². The molecule has 3 heterocycles. The van der Waals surface area contributed by atoms with Gasteiger partial charge in [-0.2, -0.15) is 0 Å². The Morgan fingerprint density at radius 3 is 2.46 bits per heavy atom. The number of carbonyl (C=O) groups is 1. The third kappa shape index (κ3) is 2.57. The van der Waals surface area contributed by atoms with E-state index in [0.717, 1.165) is 0 Å². The molecule has 0 unspecified atom stereocenters. The van der Waals surface area contributed by atoms with Crippen LogP contribution in [0.25, 0.3) is 0 Å². The van der Waals surface area contributed by atoms with Crippen molar-refractivity contribution in [3.63, 3.8) is 0 Å². The van der Waals surface area contributed by atoms with E-state index in [4.69, 9.17) is 9.15 Å². The Morgan fingerprint density at radius 2 is 1.92 bits per heavy atom. The number of nitro benzene ring substituents is 1. The first kappa shape index (κ1) is 16.7. The normalized spacial score (nSPS) is 29.7. The highest BCUT2D eigenvalue weighted by atomic mass is 16.6. The van der Waals surface area contributed by atoms with E-state index >= 15 is 0 Å². The van der Waals surface area contributed by atoms with Gasteiger partial charge in [0.25, 0.3) is 5.69 Å². The minimum Gasteiger partial charge on any atom is -0.448 e. The maximum Gasteiger partial charge on any atom is 0.269 e. The molecule has 2 aromatic rings. The molecule has 1 aromatic heterocycles. The summed E-state index contributed by atoms with van der Waals surface area (Å²) < 4.78 is 10.9. The number of ether oxygens (including phenoxy) is 1. The minimum absolute atomic E-state index is 0.0950. The topological polar surface area (TPSA) is 126 Å². The van der Waals surface area contributed by atoms with Crippen LogP contribution in [0.1, 0.15) is 6.42 Å². The number of anilines is 2. The Morgan fingerprint density at radius 1 is 1.19 bits per heavy atom. The SMILES string of the molecule is O=C([C@H]1C[C@@H]2O[C@H]1[C@@H](O)[C@H]2O)N(c1ccc([N+](=O)[O-])cc1)c1ccco1. The first-order chi connectivity index (χ1) is 12.5. The van der Waals surface area contributed by atoms with E-state index < -0.39 is 35.3 Å². The third-order valence-electron chi connectivity index (χ3n) is 4.87. The molecule has 1 amide bonds. The second kappa shape index (κ2) is 6.20. The molecule has 4 rings (SSSR count). The molecule has 0 spiro atoms. The predicted molar refractivity (Wildman–Crippen MR) is 87.7 cm³/mol. The maximum absolute atomic E-state index is 13.2. The van der Waals surface area contributed by atoms with Crippen LogP contribution >= 0.6 is 0 Å². The van der Waals surface area contributed by atoms with Gasteiger partial charge in [0.1, 0.15) is 12.2 Å². The van der Waals surface area contributed by atoms with Gasteiger partial charge in [0.15, 0.2) is 0 Å². The van der Waals surface area contributed by atoms with Gasteiger partial charge in [-0.3, -0.25) is 19.8 Å². The number of furan rings is 1. The molecular weight excluding hydrogens is 344 g/mol. The Hall–Kier alpha value is -2.75. The van der Waals surface area contributed by atoms with Crippen LogP contribution in [0, 0.1) is 16.0 Å². The highest BCUT2D eigenvalue weighted by molar-refractivity contribution is 6.01. The van der Waals surface area contributed by atoms with Crippen LogP contribution in [0.15, 0.2) is 47.1 Å². The van der Waals surface area contributed by atoms with Gasteiger partial charge in [-0.15, -0.1) is 0 Å². The van der Waals surface area contributed by atoms with E-state index in [0.29, 0.717) is 5.69 Å². The van der Waals surface area contributed by atoms with Gasteiger partial charge in [0.2, 0.25) is 11.8 Å². The quantitative estimate of drug-likeness (QED) is 0.623.